The van der Waals surface area contributed by atoms with Crippen LogP contribution >= 0.6 is 0 Å². The van der Waals surface area contributed by atoms with E-state index in [0.29, 0.717) is 38.1 Å². The van der Waals surface area contributed by atoms with Gasteiger partial charge in [-0.1, -0.05) is 24.3 Å². The molecule has 4 nitrogen and oxygen atoms in total. The second kappa shape index (κ2) is 8.43. The molecule has 1 fully saturated rings. The Labute approximate surface area is 153 Å². The van der Waals surface area contributed by atoms with Crippen molar-refractivity contribution in [1.29, 1.82) is 0 Å². The van der Waals surface area contributed by atoms with Crippen LogP contribution in [0.5, 0.6) is 0 Å². The number of halogens is 1. The number of carbonyl (C=O) groups is 1. The maximum atomic E-state index is 13.4. The molecule has 1 saturated heterocycles. The molecular formula is C21H24FNO3. The molecule has 2 atom stereocenters. The summed E-state index contributed by atoms with van der Waals surface area (Å²) in [5.41, 5.74) is 2.41. The van der Waals surface area contributed by atoms with Crippen molar-refractivity contribution in [2.75, 3.05) is 20.2 Å². The smallest absolute Gasteiger partial charge is 0.253 e. The normalized spacial score (nSPS) is 20.2. The Balaban J connectivity index is 1.70. The number of ether oxygens (including phenoxy) is 1. The van der Waals surface area contributed by atoms with Crippen molar-refractivity contribution < 1.29 is 19.0 Å². The molecule has 3 rings (SSSR count). The van der Waals surface area contributed by atoms with Crippen LogP contribution in [0.2, 0.25) is 0 Å². The molecule has 2 aromatic rings. The molecule has 0 bridgehead atoms. The minimum Gasteiger partial charge on any atom is -0.393 e. The van der Waals surface area contributed by atoms with Crippen LogP contribution in [-0.4, -0.2) is 42.2 Å². The number of aliphatic hydroxyl groups is 1. The number of aliphatic hydroxyl groups excluding tert-OH is 1. The molecule has 1 N–H and O–H groups in total. The van der Waals surface area contributed by atoms with Gasteiger partial charge in [0.15, 0.2) is 0 Å². The lowest BCUT2D eigenvalue weighted by Gasteiger charge is -2.36. The second-order valence-electron chi connectivity index (χ2n) is 6.83. The number of carbonyl (C=O) groups excluding carboxylic acids is 1. The van der Waals surface area contributed by atoms with Crippen molar-refractivity contribution in [2.24, 2.45) is 5.92 Å². The summed E-state index contributed by atoms with van der Waals surface area (Å²) in [7, 11) is 1.62. The van der Waals surface area contributed by atoms with Crippen LogP contribution in [0.3, 0.4) is 0 Å². The van der Waals surface area contributed by atoms with E-state index in [2.05, 4.69) is 0 Å². The summed E-state index contributed by atoms with van der Waals surface area (Å²) in [6.07, 6.45) is 0.595. The van der Waals surface area contributed by atoms with Crippen LogP contribution in [0.15, 0.2) is 48.5 Å². The summed E-state index contributed by atoms with van der Waals surface area (Å²) in [4.78, 5) is 14.6. The molecule has 1 amide bonds. The highest BCUT2D eigenvalue weighted by molar-refractivity contribution is 5.94. The van der Waals surface area contributed by atoms with Crippen LogP contribution in [-0.2, 0) is 17.8 Å². The number of methoxy groups -OCH3 is 1. The monoisotopic (exact) mass is 357 g/mol. The van der Waals surface area contributed by atoms with E-state index >= 15 is 0 Å². The first-order valence-electron chi connectivity index (χ1n) is 8.86. The third kappa shape index (κ3) is 4.48. The molecule has 0 aromatic heterocycles. The average Bonchev–Trinajstić information content (AvgIpc) is 2.63. The van der Waals surface area contributed by atoms with Gasteiger partial charge in [-0.15, -0.1) is 0 Å². The van der Waals surface area contributed by atoms with E-state index in [1.807, 2.05) is 24.3 Å². The Morgan fingerprint density at radius 1 is 1.23 bits per heavy atom. The van der Waals surface area contributed by atoms with Gasteiger partial charge in [0.25, 0.3) is 5.91 Å². The Morgan fingerprint density at radius 2 is 2.00 bits per heavy atom. The molecule has 138 valence electrons. The van der Waals surface area contributed by atoms with Crippen LogP contribution in [0, 0.1) is 11.7 Å². The van der Waals surface area contributed by atoms with Crippen LogP contribution < -0.4 is 0 Å². The number of rotatable bonds is 5. The van der Waals surface area contributed by atoms with E-state index in [1.54, 1.807) is 24.1 Å². The highest BCUT2D eigenvalue weighted by Crippen LogP contribution is 2.23. The van der Waals surface area contributed by atoms with Crippen molar-refractivity contribution in [3.8, 4) is 0 Å². The number of amides is 1. The predicted molar refractivity (Wildman–Crippen MR) is 97.3 cm³/mol. The lowest BCUT2D eigenvalue weighted by molar-refractivity contribution is 0.0241. The second-order valence-corrected chi connectivity index (χ2v) is 6.83. The van der Waals surface area contributed by atoms with Crippen molar-refractivity contribution in [1.82, 2.24) is 4.90 Å². The summed E-state index contributed by atoms with van der Waals surface area (Å²) >= 11 is 0. The summed E-state index contributed by atoms with van der Waals surface area (Å²) in [5, 5.41) is 10.3. The fraction of sp³-hybridized carbons (Fsp3) is 0.381. The van der Waals surface area contributed by atoms with Crippen LogP contribution in [0.4, 0.5) is 4.39 Å². The Hall–Kier alpha value is -2.24. The van der Waals surface area contributed by atoms with Gasteiger partial charge in [0.1, 0.15) is 5.82 Å². The highest BCUT2D eigenvalue weighted by Gasteiger charge is 2.30. The number of likely N-dealkylation sites (tertiary alicyclic amines) is 1. The molecule has 0 radical (unpaired) electrons. The molecule has 0 unspecified atom stereocenters. The number of nitrogens with zero attached hydrogens (tertiary/aromatic N) is 1. The van der Waals surface area contributed by atoms with E-state index in [0.717, 1.165) is 11.1 Å². The molecule has 2 aromatic carbocycles. The standard InChI is InChI=1S/C21H24FNO3/c1-26-14-16-5-2-6-17(11-16)21(25)23-9-8-20(24)18(13-23)10-15-4-3-7-19(22)12-15/h2-7,11-12,18,20,24H,8-10,13-14H2,1H3/t18-,20+/m1/s1. The van der Waals surface area contributed by atoms with Gasteiger partial charge < -0.3 is 14.7 Å². The zero-order valence-electron chi connectivity index (χ0n) is 14.9. The molecule has 1 aliphatic rings. The van der Waals surface area contributed by atoms with E-state index < -0.39 is 6.10 Å². The van der Waals surface area contributed by atoms with Gasteiger partial charge in [0.05, 0.1) is 12.7 Å². The number of benzene rings is 2. The maximum absolute atomic E-state index is 13.4. The van der Waals surface area contributed by atoms with Gasteiger partial charge >= 0.3 is 0 Å². The average molecular weight is 357 g/mol. The van der Waals surface area contributed by atoms with E-state index in [9.17, 15) is 14.3 Å². The van der Waals surface area contributed by atoms with Gasteiger partial charge in [0.2, 0.25) is 0 Å². The van der Waals surface area contributed by atoms with Gasteiger partial charge in [-0.2, -0.15) is 0 Å². The van der Waals surface area contributed by atoms with Gasteiger partial charge in [-0.25, -0.2) is 4.39 Å². The van der Waals surface area contributed by atoms with E-state index in [1.165, 1.54) is 12.1 Å². The van der Waals surface area contributed by atoms with Crippen LogP contribution in [0.25, 0.3) is 0 Å². The fourth-order valence-corrected chi connectivity index (χ4v) is 3.51. The number of hydrogen-bond acceptors (Lipinski definition) is 3. The first-order valence-corrected chi connectivity index (χ1v) is 8.86. The Kier molecular flexibility index (Phi) is 6.01. The van der Waals surface area contributed by atoms with Gasteiger partial charge in [-0.05, 0) is 48.2 Å². The van der Waals surface area contributed by atoms with Gasteiger partial charge in [-0.3, -0.25) is 4.79 Å². The zero-order valence-corrected chi connectivity index (χ0v) is 14.9. The Morgan fingerprint density at radius 3 is 2.77 bits per heavy atom. The molecule has 5 heteroatoms. The van der Waals surface area contributed by atoms with Crippen molar-refractivity contribution in [3.05, 3.63) is 71.0 Å². The highest BCUT2D eigenvalue weighted by atomic mass is 19.1. The minimum atomic E-state index is -0.484. The summed E-state index contributed by atoms with van der Waals surface area (Å²) in [6, 6.07) is 13.8. The van der Waals surface area contributed by atoms with Crippen molar-refractivity contribution in [3.63, 3.8) is 0 Å². The quantitative estimate of drug-likeness (QED) is 0.895. The zero-order chi connectivity index (χ0) is 18.5. The van der Waals surface area contributed by atoms with Crippen LogP contribution in [0.1, 0.15) is 27.9 Å². The summed E-state index contributed by atoms with van der Waals surface area (Å²) < 4.78 is 18.5. The Bertz CT molecular complexity index is 764. The topological polar surface area (TPSA) is 49.8 Å². The molecule has 1 heterocycles. The van der Waals surface area contributed by atoms with Gasteiger partial charge in [0, 0.05) is 31.7 Å². The number of piperidine rings is 1. The van der Waals surface area contributed by atoms with Crippen molar-refractivity contribution >= 4 is 5.91 Å². The molecule has 26 heavy (non-hydrogen) atoms. The first-order chi connectivity index (χ1) is 12.6. The third-order valence-corrected chi connectivity index (χ3v) is 4.85. The third-order valence-electron chi connectivity index (χ3n) is 4.85. The molecule has 1 aliphatic heterocycles. The van der Waals surface area contributed by atoms with Crippen molar-refractivity contribution in [2.45, 2.75) is 25.6 Å². The summed E-state index contributed by atoms with van der Waals surface area (Å²) in [5.74, 6) is -0.425. The number of hydrogen-bond donors (Lipinski definition) is 1. The molecule has 0 spiro atoms. The maximum Gasteiger partial charge on any atom is 0.253 e. The molecule has 0 aliphatic carbocycles. The molecule has 0 saturated carbocycles. The SMILES string of the molecule is COCc1cccc(C(=O)N2CC[C@H](O)[C@H](Cc3cccc(F)c3)C2)c1. The van der Waals surface area contributed by atoms with E-state index in [-0.39, 0.29) is 17.6 Å². The van der Waals surface area contributed by atoms with E-state index in [4.69, 9.17) is 4.74 Å². The largest absolute Gasteiger partial charge is 0.393 e. The lowest BCUT2D eigenvalue weighted by Crippen LogP contribution is -2.46. The lowest BCUT2D eigenvalue weighted by atomic mass is 9.88. The fourth-order valence-electron chi connectivity index (χ4n) is 3.51. The minimum absolute atomic E-state index is 0.0425. The first kappa shape index (κ1) is 18.5. The predicted octanol–water partition coefficient (Wildman–Crippen LogP) is 3.04. The summed E-state index contributed by atoms with van der Waals surface area (Å²) in [6.45, 7) is 1.45. The molecular weight excluding hydrogens is 333 g/mol.